The van der Waals surface area contributed by atoms with Gasteiger partial charge >= 0.3 is 0 Å². The largest absolute Gasteiger partial charge is 0.335 e. The molecule has 1 fully saturated rings. The minimum absolute atomic E-state index is 0.153. The first kappa shape index (κ1) is 8.48. The van der Waals surface area contributed by atoms with Crippen LogP contribution in [-0.4, -0.2) is 23.9 Å². The maximum absolute atomic E-state index is 11.8. The van der Waals surface area contributed by atoms with Gasteiger partial charge in [0.15, 0.2) is 0 Å². The Kier molecular flexibility index (Phi) is 1.75. The number of hydrogen-bond donors (Lipinski definition) is 0. The average Bonchev–Trinajstić information content (AvgIpc) is 3.11. The van der Waals surface area contributed by atoms with Gasteiger partial charge in [-0.2, -0.15) is 0 Å². The molecule has 0 aromatic heterocycles. The smallest absolute Gasteiger partial charge is 0.253 e. The fourth-order valence-electron chi connectivity index (χ4n) is 1.76. The zero-order chi connectivity index (χ0) is 10.3. The molecule has 2 aromatic carbocycles. The zero-order valence-electron chi connectivity index (χ0n) is 8.31. The Morgan fingerprint density at radius 3 is 2.47 bits per heavy atom. The first-order valence-electron chi connectivity index (χ1n) is 5.13. The van der Waals surface area contributed by atoms with Crippen molar-refractivity contribution in [2.45, 2.75) is 0 Å². The normalized spacial score (nSPS) is 14.3. The summed E-state index contributed by atoms with van der Waals surface area (Å²) < 4.78 is 0. The maximum Gasteiger partial charge on any atom is 0.253 e. The van der Waals surface area contributed by atoms with E-state index in [0.29, 0.717) is 0 Å². The molecule has 0 N–H and O–H groups in total. The highest BCUT2D eigenvalue weighted by Crippen LogP contribution is 2.18. The van der Waals surface area contributed by atoms with Crippen LogP contribution in [0.15, 0.2) is 42.5 Å². The van der Waals surface area contributed by atoms with Crippen molar-refractivity contribution in [1.29, 1.82) is 0 Å². The summed E-state index contributed by atoms with van der Waals surface area (Å²) in [6.07, 6.45) is 0. The first-order chi connectivity index (χ1) is 7.34. The van der Waals surface area contributed by atoms with E-state index in [0.717, 1.165) is 24.0 Å². The van der Waals surface area contributed by atoms with E-state index in [1.165, 1.54) is 5.39 Å². The second kappa shape index (κ2) is 3.09. The van der Waals surface area contributed by atoms with Gasteiger partial charge in [-0.25, -0.2) is 0 Å². The van der Waals surface area contributed by atoms with Gasteiger partial charge < -0.3 is 4.90 Å². The molecular weight excluding hydrogens is 186 g/mol. The van der Waals surface area contributed by atoms with Crippen molar-refractivity contribution in [2.24, 2.45) is 0 Å². The SMILES string of the molecule is O=C(c1ccc2ccccc2c1)N1CC1. The van der Waals surface area contributed by atoms with Gasteiger partial charge in [0.05, 0.1) is 0 Å². The third-order valence-electron chi connectivity index (χ3n) is 2.73. The Bertz CT molecular complexity index is 529. The first-order valence-corrected chi connectivity index (χ1v) is 5.13. The van der Waals surface area contributed by atoms with Crippen molar-refractivity contribution in [2.75, 3.05) is 13.1 Å². The molecule has 2 heteroatoms. The Labute approximate surface area is 88.1 Å². The lowest BCUT2D eigenvalue weighted by molar-refractivity contribution is 0.0885. The Balaban J connectivity index is 2.09. The van der Waals surface area contributed by atoms with Crippen LogP contribution in [0.2, 0.25) is 0 Å². The molecule has 0 aliphatic carbocycles. The van der Waals surface area contributed by atoms with Gasteiger partial charge in [-0.1, -0.05) is 30.3 Å². The second-order valence-electron chi connectivity index (χ2n) is 3.85. The Morgan fingerprint density at radius 1 is 1.00 bits per heavy atom. The molecule has 0 unspecified atom stereocenters. The van der Waals surface area contributed by atoms with Crippen LogP contribution in [0.3, 0.4) is 0 Å². The Hall–Kier alpha value is -1.83. The van der Waals surface area contributed by atoms with E-state index in [2.05, 4.69) is 6.07 Å². The molecule has 15 heavy (non-hydrogen) atoms. The summed E-state index contributed by atoms with van der Waals surface area (Å²) in [5, 5.41) is 2.31. The fourth-order valence-corrected chi connectivity index (χ4v) is 1.76. The van der Waals surface area contributed by atoms with Gasteiger partial charge in [0, 0.05) is 18.7 Å². The molecular formula is C13H11NO. The van der Waals surface area contributed by atoms with E-state index in [1.54, 1.807) is 0 Å². The molecule has 2 nitrogen and oxygen atoms in total. The summed E-state index contributed by atoms with van der Waals surface area (Å²) >= 11 is 0. The topological polar surface area (TPSA) is 20.1 Å². The van der Waals surface area contributed by atoms with Crippen molar-refractivity contribution < 1.29 is 4.79 Å². The average molecular weight is 197 g/mol. The van der Waals surface area contributed by atoms with Crippen LogP contribution in [0.4, 0.5) is 0 Å². The second-order valence-corrected chi connectivity index (χ2v) is 3.85. The lowest BCUT2D eigenvalue weighted by Crippen LogP contribution is -2.09. The summed E-state index contributed by atoms with van der Waals surface area (Å²) in [5.41, 5.74) is 0.797. The van der Waals surface area contributed by atoms with E-state index in [4.69, 9.17) is 0 Å². The summed E-state index contributed by atoms with van der Waals surface area (Å²) in [6.45, 7) is 1.82. The predicted molar refractivity (Wildman–Crippen MR) is 59.9 cm³/mol. The lowest BCUT2D eigenvalue weighted by atomic mass is 10.1. The third-order valence-corrected chi connectivity index (χ3v) is 2.73. The molecule has 1 heterocycles. The highest BCUT2D eigenvalue weighted by Gasteiger charge is 2.24. The molecule has 2 aromatic rings. The minimum atomic E-state index is 0.153. The molecule has 1 aliphatic heterocycles. The van der Waals surface area contributed by atoms with Crippen molar-refractivity contribution in [3.8, 4) is 0 Å². The predicted octanol–water partition coefficient (Wildman–Crippen LogP) is 2.30. The van der Waals surface area contributed by atoms with Crippen molar-refractivity contribution in [3.05, 3.63) is 48.0 Å². The van der Waals surface area contributed by atoms with Gasteiger partial charge in [-0.05, 0) is 22.9 Å². The number of amides is 1. The van der Waals surface area contributed by atoms with E-state index >= 15 is 0 Å². The van der Waals surface area contributed by atoms with Gasteiger partial charge in [-0.3, -0.25) is 4.79 Å². The third kappa shape index (κ3) is 1.48. The number of carbonyl (C=O) groups excluding carboxylic acids is 1. The van der Waals surface area contributed by atoms with Crippen molar-refractivity contribution >= 4 is 16.7 Å². The monoisotopic (exact) mass is 197 g/mol. The fraction of sp³-hybridized carbons (Fsp3) is 0.154. The van der Waals surface area contributed by atoms with Crippen LogP contribution >= 0.6 is 0 Å². The molecule has 0 spiro atoms. The van der Waals surface area contributed by atoms with E-state index < -0.39 is 0 Å². The molecule has 3 rings (SSSR count). The summed E-state index contributed by atoms with van der Waals surface area (Å²) in [6, 6.07) is 14.0. The summed E-state index contributed by atoms with van der Waals surface area (Å²) in [5.74, 6) is 0.153. The van der Waals surface area contributed by atoms with Gasteiger partial charge in [0.25, 0.3) is 5.91 Å². The molecule has 0 bridgehead atoms. The quantitative estimate of drug-likeness (QED) is 0.642. The molecule has 1 aliphatic rings. The number of nitrogens with zero attached hydrogens (tertiary/aromatic N) is 1. The van der Waals surface area contributed by atoms with Gasteiger partial charge in [-0.15, -0.1) is 0 Å². The molecule has 0 saturated carbocycles. The van der Waals surface area contributed by atoms with Crippen molar-refractivity contribution in [1.82, 2.24) is 4.90 Å². The van der Waals surface area contributed by atoms with Crippen LogP contribution in [-0.2, 0) is 0 Å². The lowest BCUT2D eigenvalue weighted by Gasteiger charge is -2.03. The van der Waals surface area contributed by atoms with Gasteiger partial charge in [0.2, 0.25) is 0 Å². The molecule has 0 radical (unpaired) electrons. The van der Waals surface area contributed by atoms with Crippen LogP contribution in [0.5, 0.6) is 0 Å². The maximum atomic E-state index is 11.8. The zero-order valence-corrected chi connectivity index (χ0v) is 8.31. The summed E-state index contributed by atoms with van der Waals surface area (Å²) in [4.78, 5) is 13.6. The molecule has 0 atom stereocenters. The highest BCUT2D eigenvalue weighted by atomic mass is 16.2. The molecule has 1 saturated heterocycles. The Morgan fingerprint density at radius 2 is 1.73 bits per heavy atom. The van der Waals surface area contributed by atoms with E-state index in [1.807, 2.05) is 41.3 Å². The number of hydrogen-bond acceptors (Lipinski definition) is 1. The van der Waals surface area contributed by atoms with Crippen LogP contribution in [0, 0.1) is 0 Å². The summed E-state index contributed by atoms with van der Waals surface area (Å²) in [7, 11) is 0. The number of fused-ring (bicyclic) bond motifs is 1. The van der Waals surface area contributed by atoms with Crippen LogP contribution < -0.4 is 0 Å². The van der Waals surface area contributed by atoms with Crippen molar-refractivity contribution in [3.63, 3.8) is 0 Å². The molecule has 74 valence electrons. The number of benzene rings is 2. The minimum Gasteiger partial charge on any atom is -0.335 e. The van der Waals surface area contributed by atoms with Gasteiger partial charge in [0.1, 0.15) is 0 Å². The standard InChI is InChI=1S/C13H11NO/c15-13(14-7-8-14)12-6-5-10-3-1-2-4-11(10)9-12/h1-6,9H,7-8H2. The van der Waals surface area contributed by atoms with Crippen LogP contribution in [0.25, 0.3) is 10.8 Å². The number of carbonyl (C=O) groups is 1. The van der Waals surface area contributed by atoms with Crippen LogP contribution in [0.1, 0.15) is 10.4 Å². The number of rotatable bonds is 1. The van der Waals surface area contributed by atoms with E-state index in [9.17, 15) is 4.79 Å². The molecule has 1 amide bonds. The highest BCUT2D eigenvalue weighted by molar-refractivity contribution is 5.99. The van der Waals surface area contributed by atoms with E-state index in [-0.39, 0.29) is 5.91 Å².